The number of carbonyl (C=O) groups is 4. The van der Waals surface area contributed by atoms with Gasteiger partial charge in [-0.15, -0.1) is 22.7 Å². The van der Waals surface area contributed by atoms with Gasteiger partial charge in [0.2, 0.25) is 0 Å². The lowest BCUT2D eigenvalue weighted by Crippen LogP contribution is -2.42. The number of hydrogen-bond donors (Lipinski definition) is 0. The van der Waals surface area contributed by atoms with Gasteiger partial charge in [-0.2, -0.15) is 0 Å². The molecule has 2 atom stereocenters. The lowest BCUT2D eigenvalue weighted by Gasteiger charge is -2.34. The van der Waals surface area contributed by atoms with Crippen LogP contribution in [-0.2, 0) is 0 Å². The standard InChI is InChI=1S/C48H30N2O4S2/c1-25(27-11-5-3-6-12-27)49-45(51)31-19-17-29-40-34(38-16-10-22-56-38)24-36-42-32(46(52)50(48(36)54)26(2)28-13-7-4-8-14-28)20-18-30(44(40)42)39-33(37-15-9-21-55-37)23-35(47(49)53)41(31)43(29)39/h3-26H,1-2H3/t25-,26-/m1/s1. The Hall–Kier alpha value is -6.48. The minimum atomic E-state index is -0.488. The van der Waals surface area contributed by atoms with Crippen molar-refractivity contribution in [2.75, 3.05) is 0 Å². The fourth-order valence-electron chi connectivity index (χ4n) is 9.22. The van der Waals surface area contributed by atoms with E-state index in [1.54, 1.807) is 22.7 Å². The van der Waals surface area contributed by atoms with Crippen molar-refractivity contribution in [3.05, 3.63) is 165 Å². The summed E-state index contributed by atoms with van der Waals surface area (Å²) in [5.41, 5.74) is 5.39. The van der Waals surface area contributed by atoms with Gasteiger partial charge in [0.05, 0.1) is 12.1 Å². The second-order valence-electron chi connectivity index (χ2n) is 14.6. The number of imide groups is 2. The maximum atomic E-state index is 14.8. The Kier molecular flexibility index (Phi) is 7.06. The molecule has 11 rings (SSSR count). The molecule has 0 bridgehead atoms. The molecule has 268 valence electrons. The summed E-state index contributed by atoms with van der Waals surface area (Å²) in [6.07, 6.45) is 0. The first-order valence-electron chi connectivity index (χ1n) is 18.5. The molecule has 0 saturated carbocycles. The van der Waals surface area contributed by atoms with Gasteiger partial charge in [-0.25, -0.2) is 0 Å². The van der Waals surface area contributed by atoms with Crippen molar-refractivity contribution in [3.63, 3.8) is 0 Å². The molecule has 0 unspecified atom stereocenters. The van der Waals surface area contributed by atoms with Gasteiger partial charge in [0.25, 0.3) is 23.6 Å². The molecule has 0 N–H and O–H groups in total. The van der Waals surface area contributed by atoms with Gasteiger partial charge in [-0.3, -0.25) is 29.0 Å². The van der Waals surface area contributed by atoms with Crippen LogP contribution in [0.15, 0.2) is 132 Å². The van der Waals surface area contributed by atoms with Gasteiger partial charge >= 0.3 is 0 Å². The van der Waals surface area contributed by atoms with E-state index < -0.39 is 12.1 Å². The van der Waals surface area contributed by atoms with Crippen LogP contribution in [0.1, 0.15) is 78.5 Å². The quantitative estimate of drug-likeness (QED) is 0.0960. The van der Waals surface area contributed by atoms with Crippen molar-refractivity contribution in [2.45, 2.75) is 25.9 Å². The molecular formula is C48H30N2O4S2. The lowest BCUT2D eigenvalue weighted by molar-refractivity contribution is 0.0534. The lowest BCUT2D eigenvalue weighted by atomic mass is 9.78. The van der Waals surface area contributed by atoms with Crippen LogP contribution in [-0.4, -0.2) is 33.4 Å². The highest BCUT2D eigenvalue weighted by Crippen LogP contribution is 2.53. The highest BCUT2D eigenvalue weighted by molar-refractivity contribution is 7.14. The number of carbonyl (C=O) groups excluding carboxylic acids is 4. The van der Waals surface area contributed by atoms with Crippen LogP contribution < -0.4 is 0 Å². The molecule has 2 aromatic heterocycles. The van der Waals surface area contributed by atoms with Gasteiger partial charge < -0.3 is 0 Å². The van der Waals surface area contributed by atoms with Crippen molar-refractivity contribution in [1.29, 1.82) is 0 Å². The number of benzene rings is 7. The molecule has 4 heterocycles. The van der Waals surface area contributed by atoms with Crippen molar-refractivity contribution < 1.29 is 19.2 Å². The van der Waals surface area contributed by atoms with Crippen LogP contribution in [0.2, 0.25) is 0 Å². The van der Waals surface area contributed by atoms with Crippen LogP contribution in [0, 0.1) is 0 Å². The number of fused-ring (bicyclic) bond motifs is 2. The smallest absolute Gasteiger partial charge is 0.261 e. The zero-order chi connectivity index (χ0) is 38.0. The molecule has 0 aliphatic carbocycles. The number of hydrogen-bond acceptors (Lipinski definition) is 6. The summed E-state index contributed by atoms with van der Waals surface area (Å²) < 4.78 is 0. The molecule has 2 aliphatic rings. The van der Waals surface area contributed by atoms with Crippen molar-refractivity contribution >= 4 is 89.4 Å². The molecule has 6 nitrogen and oxygen atoms in total. The first-order chi connectivity index (χ1) is 27.3. The summed E-state index contributed by atoms with van der Waals surface area (Å²) >= 11 is 3.16. The van der Waals surface area contributed by atoms with Crippen molar-refractivity contribution in [1.82, 2.24) is 9.80 Å². The Morgan fingerprint density at radius 2 is 0.786 bits per heavy atom. The molecule has 56 heavy (non-hydrogen) atoms. The number of rotatable bonds is 6. The summed E-state index contributed by atoms with van der Waals surface area (Å²) in [6.45, 7) is 3.79. The average Bonchev–Trinajstić information content (AvgIpc) is 3.98. The van der Waals surface area contributed by atoms with Gasteiger partial charge in [0.15, 0.2) is 0 Å². The molecule has 2 aliphatic heterocycles. The Balaban J connectivity index is 1.27. The van der Waals surface area contributed by atoms with Crippen LogP contribution in [0.25, 0.3) is 64.0 Å². The van der Waals surface area contributed by atoms with Crippen molar-refractivity contribution in [2.24, 2.45) is 0 Å². The van der Waals surface area contributed by atoms with E-state index in [2.05, 4.69) is 12.1 Å². The van der Waals surface area contributed by atoms with Crippen LogP contribution in [0.3, 0.4) is 0 Å². The fraction of sp³-hybridized carbons (Fsp3) is 0.0833. The zero-order valence-electron chi connectivity index (χ0n) is 30.2. The van der Waals surface area contributed by atoms with E-state index in [9.17, 15) is 19.2 Å². The third-order valence-corrected chi connectivity index (χ3v) is 13.6. The predicted octanol–water partition coefficient (Wildman–Crippen LogP) is 11.9. The summed E-state index contributed by atoms with van der Waals surface area (Å²) in [7, 11) is 0. The number of amides is 4. The Labute approximate surface area is 329 Å². The first kappa shape index (κ1) is 32.9. The SMILES string of the molecule is C[C@H](c1ccccc1)N1C(=O)c2ccc3c4c(-c5cccs5)cc5c6c(ccc(c7c(-c8cccs8)cc(c2c37)C1=O)c64)C(=O)N([C@H](C)c1ccccc1)C5=O. The molecule has 0 spiro atoms. The number of nitrogens with zero attached hydrogens (tertiary/aromatic N) is 2. The van der Waals surface area contributed by atoms with Crippen LogP contribution >= 0.6 is 22.7 Å². The molecular weight excluding hydrogens is 733 g/mol. The van der Waals surface area contributed by atoms with Gasteiger partial charge in [0.1, 0.15) is 0 Å². The van der Waals surface area contributed by atoms with Crippen LogP contribution in [0.4, 0.5) is 0 Å². The molecule has 0 saturated heterocycles. The highest BCUT2D eigenvalue weighted by Gasteiger charge is 2.41. The van der Waals surface area contributed by atoms with E-state index in [0.717, 1.165) is 64.3 Å². The third-order valence-electron chi connectivity index (χ3n) is 11.8. The largest absolute Gasteiger partial charge is 0.269 e. The molecule has 0 radical (unpaired) electrons. The zero-order valence-corrected chi connectivity index (χ0v) is 31.8. The third kappa shape index (κ3) is 4.36. The summed E-state index contributed by atoms with van der Waals surface area (Å²) in [5, 5.41) is 10.5. The average molecular weight is 763 g/mol. The predicted molar refractivity (Wildman–Crippen MR) is 225 cm³/mol. The Morgan fingerprint density at radius 1 is 0.393 bits per heavy atom. The van der Waals surface area contributed by atoms with Gasteiger partial charge in [0, 0.05) is 53.9 Å². The molecule has 9 aromatic rings. The van der Waals surface area contributed by atoms with E-state index in [4.69, 9.17) is 0 Å². The minimum absolute atomic E-state index is 0.335. The molecule has 8 heteroatoms. The summed E-state index contributed by atoms with van der Waals surface area (Å²) in [4.78, 5) is 63.5. The van der Waals surface area contributed by atoms with E-state index in [-0.39, 0.29) is 23.6 Å². The second-order valence-corrected chi connectivity index (χ2v) is 16.5. The van der Waals surface area contributed by atoms with E-state index >= 15 is 0 Å². The fourth-order valence-corrected chi connectivity index (χ4v) is 10.7. The maximum Gasteiger partial charge on any atom is 0.261 e. The Bertz CT molecular complexity index is 2920. The first-order valence-corrected chi connectivity index (χ1v) is 20.3. The highest BCUT2D eigenvalue weighted by atomic mass is 32.1. The van der Waals surface area contributed by atoms with Crippen molar-refractivity contribution in [3.8, 4) is 20.9 Å². The Morgan fingerprint density at radius 3 is 1.16 bits per heavy atom. The summed E-state index contributed by atoms with van der Waals surface area (Å²) in [6, 6.07) is 38.0. The van der Waals surface area contributed by atoms with Gasteiger partial charge in [-0.1, -0.05) is 84.9 Å². The second kappa shape index (κ2) is 12.0. The monoisotopic (exact) mass is 762 g/mol. The van der Waals surface area contributed by atoms with E-state index in [1.165, 1.54) is 9.80 Å². The molecule has 7 aromatic carbocycles. The topological polar surface area (TPSA) is 74.8 Å². The van der Waals surface area contributed by atoms with E-state index in [1.807, 2.05) is 134 Å². The molecule has 4 amide bonds. The van der Waals surface area contributed by atoms with Crippen LogP contribution in [0.5, 0.6) is 0 Å². The van der Waals surface area contributed by atoms with Gasteiger partial charge in [-0.05, 0) is 104 Å². The minimum Gasteiger partial charge on any atom is -0.269 e. The van der Waals surface area contributed by atoms with E-state index in [0.29, 0.717) is 33.0 Å². The normalized spacial score (nSPS) is 15.2. The molecule has 0 fully saturated rings. The maximum absolute atomic E-state index is 14.8. The number of thiophene rings is 2. The summed E-state index contributed by atoms with van der Waals surface area (Å²) in [5.74, 6) is -1.34.